The van der Waals surface area contributed by atoms with Gasteiger partial charge in [0.15, 0.2) is 0 Å². The largest absolute Gasteiger partial charge is 0.310 e. The van der Waals surface area contributed by atoms with Crippen molar-refractivity contribution in [1.29, 1.82) is 0 Å². The lowest BCUT2D eigenvalue weighted by Gasteiger charge is -2.35. The molecule has 1 rings (SSSR count). The number of hydrogen-bond acceptors (Lipinski definition) is 3. The molecule has 4 nitrogen and oxygen atoms in total. The van der Waals surface area contributed by atoms with Gasteiger partial charge in [-0.15, -0.1) is 10.1 Å². The Bertz CT molecular complexity index is 206. The number of rotatable bonds is 3. The first-order valence-electron chi connectivity index (χ1n) is 5.32. The highest BCUT2D eigenvalue weighted by Crippen LogP contribution is 2.35. The van der Waals surface area contributed by atoms with Gasteiger partial charge >= 0.3 is 0 Å². The maximum absolute atomic E-state index is 10.3. The van der Waals surface area contributed by atoms with Crippen molar-refractivity contribution in [3.63, 3.8) is 0 Å². The highest BCUT2D eigenvalue weighted by atomic mass is 17.0. The van der Waals surface area contributed by atoms with Crippen molar-refractivity contribution >= 4 is 0 Å². The average Bonchev–Trinajstić information content (AvgIpc) is 2.01. The van der Waals surface area contributed by atoms with Gasteiger partial charge < -0.3 is 4.84 Å². The Morgan fingerprint density at radius 2 is 2.07 bits per heavy atom. The second kappa shape index (κ2) is 4.62. The van der Waals surface area contributed by atoms with Gasteiger partial charge in [0.1, 0.15) is 6.10 Å². The van der Waals surface area contributed by atoms with Crippen molar-refractivity contribution in [1.82, 2.24) is 0 Å². The Kier molecular flexibility index (Phi) is 3.72. The monoisotopic (exact) mass is 201 g/mol. The van der Waals surface area contributed by atoms with Gasteiger partial charge in [-0.25, -0.2) is 0 Å². The molecule has 1 saturated carbocycles. The van der Waals surface area contributed by atoms with Gasteiger partial charge in [-0.2, -0.15) is 0 Å². The predicted molar refractivity (Wildman–Crippen MR) is 53.2 cm³/mol. The van der Waals surface area contributed by atoms with Crippen molar-refractivity contribution in [2.75, 3.05) is 0 Å². The van der Waals surface area contributed by atoms with Gasteiger partial charge in [-0.05, 0) is 30.6 Å². The number of nitrogens with zero attached hydrogens (tertiary/aromatic N) is 1. The SMILES string of the molecule is CC(C)[C@H]1CC[C@H](C)C[C@@H]1O[N+](=O)[O-]. The van der Waals surface area contributed by atoms with Crippen LogP contribution in [0.25, 0.3) is 0 Å². The van der Waals surface area contributed by atoms with E-state index in [0.717, 1.165) is 12.8 Å². The second-order valence-electron chi connectivity index (χ2n) is 4.69. The topological polar surface area (TPSA) is 52.4 Å². The fourth-order valence-corrected chi connectivity index (χ4v) is 2.35. The molecular formula is C10H19NO3. The molecule has 1 fully saturated rings. The molecule has 0 amide bonds. The molecule has 4 heteroatoms. The first-order chi connectivity index (χ1) is 6.50. The summed E-state index contributed by atoms with van der Waals surface area (Å²) < 4.78 is 0. The van der Waals surface area contributed by atoms with Crippen LogP contribution in [0.5, 0.6) is 0 Å². The van der Waals surface area contributed by atoms with E-state index in [1.807, 2.05) is 0 Å². The smallest absolute Gasteiger partial charge is 0.294 e. The minimum atomic E-state index is -0.641. The van der Waals surface area contributed by atoms with Crippen molar-refractivity contribution in [3.05, 3.63) is 10.1 Å². The third-order valence-corrected chi connectivity index (χ3v) is 3.18. The molecule has 0 aliphatic heterocycles. The third-order valence-electron chi connectivity index (χ3n) is 3.18. The summed E-state index contributed by atoms with van der Waals surface area (Å²) in [6.45, 7) is 6.35. The maximum Gasteiger partial charge on any atom is 0.294 e. The fourth-order valence-electron chi connectivity index (χ4n) is 2.35. The molecule has 1 aliphatic carbocycles. The van der Waals surface area contributed by atoms with Gasteiger partial charge in [0, 0.05) is 0 Å². The summed E-state index contributed by atoms with van der Waals surface area (Å²) in [6, 6.07) is 0. The van der Waals surface area contributed by atoms with Gasteiger partial charge in [0.05, 0.1) is 0 Å². The molecule has 0 aromatic carbocycles. The van der Waals surface area contributed by atoms with E-state index in [1.165, 1.54) is 6.42 Å². The van der Waals surface area contributed by atoms with Gasteiger partial charge in [0.2, 0.25) is 0 Å². The lowest BCUT2D eigenvalue weighted by atomic mass is 9.75. The summed E-state index contributed by atoms with van der Waals surface area (Å²) in [4.78, 5) is 15.1. The Labute approximate surface area is 84.7 Å². The van der Waals surface area contributed by atoms with Crippen molar-refractivity contribution in [2.24, 2.45) is 17.8 Å². The van der Waals surface area contributed by atoms with Crippen LogP contribution in [-0.2, 0) is 4.84 Å². The molecule has 3 atom stereocenters. The Morgan fingerprint density at radius 3 is 2.57 bits per heavy atom. The minimum Gasteiger partial charge on any atom is -0.310 e. The lowest BCUT2D eigenvalue weighted by Crippen LogP contribution is -2.35. The van der Waals surface area contributed by atoms with Crippen LogP contribution in [0.1, 0.15) is 40.0 Å². The van der Waals surface area contributed by atoms with Crippen LogP contribution in [0.15, 0.2) is 0 Å². The lowest BCUT2D eigenvalue weighted by molar-refractivity contribution is -0.771. The highest BCUT2D eigenvalue weighted by molar-refractivity contribution is 4.80. The number of hydrogen-bond donors (Lipinski definition) is 0. The van der Waals surface area contributed by atoms with Gasteiger partial charge in [-0.3, -0.25) is 0 Å². The summed E-state index contributed by atoms with van der Waals surface area (Å²) in [6.07, 6.45) is 2.86. The summed E-state index contributed by atoms with van der Waals surface area (Å²) in [5, 5.41) is 9.68. The average molecular weight is 201 g/mol. The molecule has 1 aliphatic rings. The summed E-state index contributed by atoms with van der Waals surface area (Å²) in [7, 11) is 0. The van der Waals surface area contributed by atoms with E-state index in [2.05, 4.69) is 20.8 Å². The molecular weight excluding hydrogens is 182 g/mol. The normalized spacial score (nSPS) is 33.0. The predicted octanol–water partition coefficient (Wildman–Crippen LogP) is 2.66. The van der Waals surface area contributed by atoms with E-state index < -0.39 is 5.09 Å². The highest BCUT2D eigenvalue weighted by Gasteiger charge is 2.33. The molecule has 0 heterocycles. The Hall–Kier alpha value is -0.800. The molecule has 82 valence electrons. The summed E-state index contributed by atoms with van der Waals surface area (Å²) >= 11 is 0. The van der Waals surface area contributed by atoms with Crippen LogP contribution >= 0.6 is 0 Å². The quantitative estimate of drug-likeness (QED) is 0.521. The molecule has 0 radical (unpaired) electrons. The second-order valence-corrected chi connectivity index (χ2v) is 4.69. The van der Waals surface area contributed by atoms with E-state index in [0.29, 0.717) is 17.8 Å². The Balaban J connectivity index is 2.58. The fraction of sp³-hybridized carbons (Fsp3) is 1.00. The van der Waals surface area contributed by atoms with Crippen molar-refractivity contribution in [3.8, 4) is 0 Å². The minimum absolute atomic E-state index is 0.186. The first-order valence-corrected chi connectivity index (χ1v) is 5.32. The molecule has 0 aromatic heterocycles. The zero-order valence-corrected chi connectivity index (χ0v) is 9.10. The van der Waals surface area contributed by atoms with E-state index >= 15 is 0 Å². The van der Waals surface area contributed by atoms with Crippen LogP contribution in [0.2, 0.25) is 0 Å². The maximum atomic E-state index is 10.3. The third kappa shape index (κ3) is 2.86. The molecule has 14 heavy (non-hydrogen) atoms. The van der Waals surface area contributed by atoms with Gasteiger partial charge in [-0.1, -0.05) is 27.2 Å². The summed E-state index contributed by atoms with van der Waals surface area (Å²) in [5.41, 5.74) is 0. The van der Waals surface area contributed by atoms with Gasteiger partial charge in [0.25, 0.3) is 5.09 Å². The molecule has 0 aromatic rings. The molecule has 0 spiro atoms. The first kappa shape index (κ1) is 11.3. The summed E-state index contributed by atoms with van der Waals surface area (Å²) in [5.74, 6) is 1.36. The van der Waals surface area contributed by atoms with E-state index in [9.17, 15) is 10.1 Å². The van der Waals surface area contributed by atoms with Crippen molar-refractivity contribution < 1.29 is 9.92 Å². The molecule has 0 unspecified atom stereocenters. The van der Waals surface area contributed by atoms with Crippen LogP contribution in [0.4, 0.5) is 0 Å². The standard InChI is InChI=1S/C10H19NO3/c1-7(2)9-5-4-8(3)6-10(9)14-11(12)13/h7-10H,4-6H2,1-3H3/t8-,9+,10-/m0/s1. The van der Waals surface area contributed by atoms with Crippen LogP contribution < -0.4 is 0 Å². The van der Waals surface area contributed by atoms with E-state index in [1.54, 1.807) is 0 Å². The van der Waals surface area contributed by atoms with E-state index in [4.69, 9.17) is 4.84 Å². The molecule has 0 saturated heterocycles. The van der Waals surface area contributed by atoms with E-state index in [-0.39, 0.29) is 6.10 Å². The zero-order chi connectivity index (χ0) is 10.7. The van der Waals surface area contributed by atoms with Crippen LogP contribution in [-0.4, -0.2) is 11.2 Å². The zero-order valence-electron chi connectivity index (χ0n) is 9.10. The van der Waals surface area contributed by atoms with Crippen molar-refractivity contribution in [2.45, 2.75) is 46.1 Å². The molecule has 0 bridgehead atoms. The Morgan fingerprint density at radius 1 is 1.43 bits per heavy atom. The molecule has 0 N–H and O–H groups in total. The van der Waals surface area contributed by atoms with Crippen LogP contribution in [0, 0.1) is 27.9 Å². The van der Waals surface area contributed by atoms with Crippen LogP contribution in [0.3, 0.4) is 0 Å².